The molecule has 0 aliphatic carbocycles. The summed E-state index contributed by atoms with van der Waals surface area (Å²) >= 11 is 0. The van der Waals surface area contributed by atoms with E-state index in [1.54, 1.807) is 6.07 Å². The first-order chi connectivity index (χ1) is 8.84. The summed E-state index contributed by atoms with van der Waals surface area (Å²) in [7, 11) is 0. The molecule has 0 fully saturated rings. The molecule has 19 heavy (non-hydrogen) atoms. The standard InChI is InChI=1S/C13H21N3O3/c1-13(2,3)12(18)16-5-4-15-11(17)9-6-10(7-14)19-8-9/h6,8H,4-5,7,14H2,1-3H3,(H,15,17)(H,16,18). The van der Waals surface area contributed by atoms with Gasteiger partial charge in [-0.15, -0.1) is 0 Å². The second-order valence-electron chi connectivity index (χ2n) is 5.27. The van der Waals surface area contributed by atoms with Gasteiger partial charge in [0, 0.05) is 18.5 Å². The normalized spacial score (nSPS) is 11.2. The molecule has 0 aromatic carbocycles. The van der Waals surface area contributed by atoms with E-state index < -0.39 is 5.41 Å². The van der Waals surface area contributed by atoms with Crippen LogP contribution >= 0.6 is 0 Å². The average molecular weight is 267 g/mol. The highest BCUT2D eigenvalue weighted by Crippen LogP contribution is 2.11. The summed E-state index contributed by atoms with van der Waals surface area (Å²) in [6.07, 6.45) is 1.37. The Morgan fingerprint density at radius 3 is 2.42 bits per heavy atom. The van der Waals surface area contributed by atoms with E-state index in [0.29, 0.717) is 24.4 Å². The highest BCUT2D eigenvalue weighted by molar-refractivity contribution is 5.94. The first kappa shape index (κ1) is 15.2. The van der Waals surface area contributed by atoms with Crippen LogP contribution in [0.4, 0.5) is 0 Å². The number of nitrogens with one attached hydrogen (secondary N) is 2. The Morgan fingerprint density at radius 2 is 1.89 bits per heavy atom. The first-order valence-corrected chi connectivity index (χ1v) is 6.18. The molecule has 1 rings (SSSR count). The minimum Gasteiger partial charge on any atom is -0.467 e. The predicted octanol–water partition coefficient (Wildman–Crippen LogP) is 0.630. The number of carbonyl (C=O) groups is 2. The average Bonchev–Trinajstić information content (AvgIpc) is 2.81. The van der Waals surface area contributed by atoms with Gasteiger partial charge in [-0.25, -0.2) is 0 Å². The third-order valence-corrected chi connectivity index (χ3v) is 2.49. The Balaban J connectivity index is 2.30. The third-order valence-electron chi connectivity index (χ3n) is 2.49. The van der Waals surface area contributed by atoms with Gasteiger partial charge >= 0.3 is 0 Å². The van der Waals surface area contributed by atoms with Crippen molar-refractivity contribution < 1.29 is 14.0 Å². The molecule has 6 heteroatoms. The van der Waals surface area contributed by atoms with Gasteiger partial charge in [0.15, 0.2) is 0 Å². The quantitative estimate of drug-likeness (QED) is 0.682. The van der Waals surface area contributed by atoms with Crippen molar-refractivity contribution in [1.29, 1.82) is 0 Å². The van der Waals surface area contributed by atoms with Crippen molar-refractivity contribution in [2.45, 2.75) is 27.3 Å². The molecule has 1 heterocycles. The maximum Gasteiger partial charge on any atom is 0.254 e. The largest absolute Gasteiger partial charge is 0.467 e. The molecule has 4 N–H and O–H groups in total. The van der Waals surface area contributed by atoms with Gasteiger partial charge in [-0.05, 0) is 6.07 Å². The molecule has 2 amide bonds. The van der Waals surface area contributed by atoms with E-state index in [9.17, 15) is 9.59 Å². The molecule has 106 valence electrons. The van der Waals surface area contributed by atoms with Crippen LogP contribution in [0.2, 0.25) is 0 Å². The molecule has 1 aromatic rings. The minimum atomic E-state index is -0.426. The van der Waals surface area contributed by atoms with Gasteiger partial charge in [0.2, 0.25) is 5.91 Å². The SMILES string of the molecule is CC(C)(C)C(=O)NCCNC(=O)c1coc(CN)c1. The van der Waals surface area contributed by atoms with Crippen LogP contribution in [0.5, 0.6) is 0 Å². The van der Waals surface area contributed by atoms with Crippen molar-refractivity contribution in [3.8, 4) is 0 Å². The van der Waals surface area contributed by atoms with Crippen LogP contribution < -0.4 is 16.4 Å². The van der Waals surface area contributed by atoms with Crippen molar-refractivity contribution in [2.24, 2.45) is 11.1 Å². The Hall–Kier alpha value is -1.82. The number of furan rings is 1. The lowest BCUT2D eigenvalue weighted by atomic mass is 9.96. The fourth-order valence-corrected chi connectivity index (χ4v) is 1.33. The lowest BCUT2D eigenvalue weighted by molar-refractivity contribution is -0.128. The molecule has 0 unspecified atom stereocenters. The van der Waals surface area contributed by atoms with Gasteiger partial charge in [0.25, 0.3) is 5.91 Å². The fourth-order valence-electron chi connectivity index (χ4n) is 1.33. The zero-order valence-corrected chi connectivity index (χ0v) is 11.6. The van der Waals surface area contributed by atoms with Gasteiger partial charge < -0.3 is 20.8 Å². The number of carbonyl (C=O) groups excluding carboxylic acids is 2. The number of amides is 2. The second-order valence-corrected chi connectivity index (χ2v) is 5.27. The first-order valence-electron chi connectivity index (χ1n) is 6.18. The topological polar surface area (TPSA) is 97.4 Å². The van der Waals surface area contributed by atoms with E-state index in [1.807, 2.05) is 20.8 Å². The number of hydrogen-bond donors (Lipinski definition) is 3. The van der Waals surface area contributed by atoms with Crippen LogP contribution in [-0.2, 0) is 11.3 Å². The molecule has 0 saturated carbocycles. The summed E-state index contributed by atoms with van der Waals surface area (Å²) in [5.41, 5.74) is 5.39. The van der Waals surface area contributed by atoms with Gasteiger partial charge in [0.05, 0.1) is 12.1 Å². The van der Waals surface area contributed by atoms with Crippen molar-refractivity contribution in [2.75, 3.05) is 13.1 Å². The predicted molar refractivity (Wildman–Crippen MR) is 71.4 cm³/mol. The van der Waals surface area contributed by atoms with Crippen LogP contribution in [-0.4, -0.2) is 24.9 Å². The summed E-state index contributed by atoms with van der Waals surface area (Å²) in [5.74, 6) is 0.273. The van der Waals surface area contributed by atoms with E-state index in [4.69, 9.17) is 10.2 Å². The molecule has 1 aromatic heterocycles. The molecule has 0 radical (unpaired) electrons. The van der Waals surface area contributed by atoms with Crippen LogP contribution in [0.1, 0.15) is 36.9 Å². The minimum absolute atomic E-state index is 0.0459. The zero-order chi connectivity index (χ0) is 14.5. The Morgan fingerprint density at radius 1 is 1.26 bits per heavy atom. The smallest absolute Gasteiger partial charge is 0.254 e. The third kappa shape index (κ3) is 4.75. The monoisotopic (exact) mass is 267 g/mol. The fraction of sp³-hybridized carbons (Fsp3) is 0.538. The molecule has 0 spiro atoms. The zero-order valence-electron chi connectivity index (χ0n) is 11.6. The van der Waals surface area contributed by atoms with Crippen molar-refractivity contribution in [3.05, 3.63) is 23.7 Å². The second kappa shape index (κ2) is 6.38. The number of hydrogen-bond acceptors (Lipinski definition) is 4. The highest BCUT2D eigenvalue weighted by atomic mass is 16.3. The molecule has 0 aliphatic heterocycles. The Bertz CT molecular complexity index is 446. The summed E-state index contributed by atoms with van der Waals surface area (Å²) in [6.45, 7) is 6.52. The molecule has 0 bridgehead atoms. The maximum atomic E-state index is 11.7. The van der Waals surface area contributed by atoms with Crippen LogP contribution in [0, 0.1) is 5.41 Å². The molecule has 6 nitrogen and oxygen atoms in total. The maximum absolute atomic E-state index is 11.7. The van der Waals surface area contributed by atoms with E-state index in [2.05, 4.69) is 10.6 Å². The van der Waals surface area contributed by atoms with Gasteiger partial charge in [-0.1, -0.05) is 20.8 Å². The lowest BCUT2D eigenvalue weighted by Crippen LogP contribution is -2.39. The van der Waals surface area contributed by atoms with Gasteiger partial charge in [0.1, 0.15) is 12.0 Å². The van der Waals surface area contributed by atoms with E-state index in [0.717, 1.165) is 0 Å². The summed E-state index contributed by atoms with van der Waals surface area (Å²) in [4.78, 5) is 23.3. The van der Waals surface area contributed by atoms with Crippen molar-refractivity contribution in [1.82, 2.24) is 10.6 Å². The molecular formula is C13H21N3O3. The van der Waals surface area contributed by atoms with E-state index >= 15 is 0 Å². The number of nitrogens with two attached hydrogens (primary N) is 1. The van der Waals surface area contributed by atoms with Crippen LogP contribution in [0.25, 0.3) is 0 Å². The van der Waals surface area contributed by atoms with E-state index in [-0.39, 0.29) is 18.4 Å². The lowest BCUT2D eigenvalue weighted by Gasteiger charge is -2.17. The molecule has 0 saturated heterocycles. The molecule has 0 atom stereocenters. The van der Waals surface area contributed by atoms with Crippen molar-refractivity contribution >= 4 is 11.8 Å². The van der Waals surface area contributed by atoms with Crippen molar-refractivity contribution in [3.63, 3.8) is 0 Å². The van der Waals surface area contributed by atoms with E-state index in [1.165, 1.54) is 6.26 Å². The summed E-state index contributed by atoms with van der Waals surface area (Å²) < 4.78 is 5.07. The van der Waals surface area contributed by atoms with Gasteiger partial charge in [-0.2, -0.15) is 0 Å². The Labute approximate surface area is 112 Å². The molecular weight excluding hydrogens is 246 g/mol. The highest BCUT2D eigenvalue weighted by Gasteiger charge is 2.20. The van der Waals surface area contributed by atoms with Crippen LogP contribution in [0.3, 0.4) is 0 Å². The molecule has 0 aliphatic rings. The summed E-state index contributed by atoms with van der Waals surface area (Å²) in [5, 5.41) is 5.44. The number of rotatable bonds is 5. The summed E-state index contributed by atoms with van der Waals surface area (Å²) in [6, 6.07) is 1.60. The van der Waals surface area contributed by atoms with Crippen LogP contribution in [0.15, 0.2) is 16.7 Å². The van der Waals surface area contributed by atoms with Gasteiger partial charge in [-0.3, -0.25) is 9.59 Å². The Kier molecular flexibility index (Phi) is 5.11.